The highest BCUT2D eigenvalue weighted by molar-refractivity contribution is 7.99. The fourth-order valence-corrected chi connectivity index (χ4v) is 2.62. The highest BCUT2D eigenvalue weighted by Gasteiger charge is 2.14. The second kappa shape index (κ2) is 7.22. The highest BCUT2D eigenvalue weighted by atomic mass is 35.5. The van der Waals surface area contributed by atoms with E-state index in [0.29, 0.717) is 17.4 Å². The minimum atomic E-state index is -1.04. The van der Waals surface area contributed by atoms with Gasteiger partial charge >= 0.3 is 5.97 Å². The number of thioether (sulfide) groups is 1. The molecule has 2 aromatic rings. The SMILES string of the molecule is O=C(O)c1cccc(Cl)c1OCCSc1ccccc1. The zero-order valence-electron chi connectivity index (χ0n) is 10.6. The smallest absolute Gasteiger partial charge is 0.339 e. The average Bonchev–Trinajstić information content (AvgIpc) is 2.45. The molecule has 1 N–H and O–H groups in total. The summed E-state index contributed by atoms with van der Waals surface area (Å²) in [6, 6.07) is 14.6. The number of rotatable bonds is 6. The summed E-state index contributed by atoms with van der Waals surface area (Å²) in [5.74, 6) is -0.0950. The molecule has 0 amide bonds. The van der Waals surface area contributed by atoms with E-state index in [2.05, 4.69) is 0 Å². The van der Waals surface area contributed by atoms with E-state index >= 15 is 0 Å². The number of carbonyl (C=O) groups is 1. The summed E-state index contributed by atoms with van der Waals surface area (Å²) in [7, 11) is 0. The van der Waals surface area contributed by atoms with Crippen LogP contribution in [-0.2, 0) is 0 Å². The lowest BCUT2D eigenvalue weighted by atomic mass is 10.2. The third-order valence-electron chi connectivity index (χ3n) is 2.54. The first-order chi connectivity index (χ1) is 9.68. The van der Waals surface area contributed by atoms with Crippen molar-refractivity contribution in [3.63, 3.8) is 0 Å². The monoisotopic (exact) mass is 308 g/mol. The van der Waals surface area contributed by atoms with E-state index in [1.165, 1.54) is 6.07 Å². The molecule has 5 heteroatoms. The average molecular weight is 309 g/mol. The minimum absolute atomic E-state index is 0.0854. The Bertz CT molecular complexity index is 587. The van der Waals surface area contributed by atoms with Crippen molar-refractivity contribution in [1.82, 2.24) is 0 Å². The summed E-state index contributed by atoms with van der Waals surface area (Å²) >= 11 is 7.62. The van der Waals surface area contributed by atoms with E-state index in [1.807, 2.05) is 30.3 Å². The Morgan fingerprint density at radius 1 is 1.15 bits per heavy atom. The lowest BCUT2D eigenvalue weighted by Crippen LogP contribution is -2.06. The Kier molecular flexibility index (Phi) is 5.32. The number of carboxylic acid groups (broad SMARTS) is 1. The van der Waals surface area contributed by atoms with E-state index in [-0.39, 0.29) is 11.3 Å². The van der Waals surface area contributed by atoms with Gasteiger partial charge in [0.1, 0.15) is 5.56 Å². The van der Waals surface area contributed by atoms with Crippen molar-refractivity contribution >= 4 is 29.3 Å². The number of halogens is 1. The standard InChI is InChI=1S/C15H13ClO3S/c16-13-8-4-7-12(15(17)18)14(13)19-9-10-20-11-5-2-1-3-6-11/h1-8H,9-10H2,(H,17,18). The van der Waals surface area contributed by atoms with Crippen LogP contribution in [0.3, 0.4) is 0 Å². The summed E-state index contributed by atoms with van der Waals surface area (Å²) in [5.41, 5.74) is 0.0854. The molecular formula is C15H13ClO3S. The molecule has 2 aromatic carbocycles. The first-order valence-electron chi connectivity index (χ1n) is 6.01. The molecule has 0 heterocycles. The van der Waals surface area contributed by atoms with Gasteiger partial charge in [-0.1, -0.05) is 35.9 Å². The van der Waals surface area contributed by atoms with Gasteiger partial charge in [0.05, 0.1) is 11.6 Å². The summed E-state index contributed by atoms with van der Waals surface area (Å²) in [4.78, 5) is 12.2. The van der Waals surface area contributed by atoms with Gasteiger partial charge in [0.25, 0.3) is 0 Å². The van der Waals surface area contributed by atoms with Gasteiger partial charge in [0, 0.05) is 10.6 Å². The Labute approximate surface area is 126 Å². The molecule has 0 aliphatic rings. The molecule has 0 aliphatic carbocycles. The molecule has 0 radical (unpaired) electrons. The zero-order valence-corrected chi connectivity index (χ0v) is 12.2. The van der Waals surface area contributed by atoms with Crippen molar-refractivity contribution in [2.45, 2.75) is 4.90 Å². The van der Waals surface area contributed by atoms with Crippen LogP contribution in [0.2, 0.25) is 5.02 Å². The topological polar surface area (TPSA) is 46.5 Å². The Balaban J connectivity index is 1.93. The number of hydrogen-bond acceptors (Lipinski definition) is 3. The molecule has 0 saturated heterocycles. The van der Waals surface area contributed by atoms with Gasteiger partial charge in [-0.2, -0.15) is 0 Å². The van der Waals surface area contributed by atoms with E-state index in [1.54, 1.807) is 23.9 Å². The number of aromatic carboxylic acids is 1. The highest BCUT2D eigenvalue weighted by Crippen LogP contribution is 2.29. The number of benzene rings is 2. The largest absolute Gasteiger partial charge is 0.490 e. The third kappa shape index (κ3) is 3.92. The Morgan fingerprint density at radius 2 is 1.90 bits per heavy atom. The summed E-state index contributed by atoms with van der Waals surface area (Å²) in [5, 5.41) is 9.40. The first-order valence-corrected chi connectivity index (χ1v) is 7.37. The van der Waals surface area contributed by atoms with E-state index in [4.69, 9.17) is 21.4 Å². The van der Waals surface area contributed by atoms with E-state index in [9.17, 15) is 4.79 Å². The number of hydrogen-bond donors (Lipinski definition) is 1. The quantitative estimate of drug-likeness (QED) is 0.641. The van der Waals surface area contributed by atoms with Crippen LogP contribution in [0.5, 0.6) is 5.75 Å². The number of carboxylic acids is 1. The van der Waals surface area contributed by atoms with E-state index in [0.717, 1.165) is 4.90 Å². The van der Waals surface area contributed by atoms with Crippen molar-refractivity contribution in [1.29, 1.82) is 0 Å². The second-order valence-electron chi connectivity index (χ2n) is 3.93. The van der Waals surface area contributed by atoms with Gasteiger partial charge in [-0.15, -0.1) is 11.8 Å². The lowest BCUT2D eigenvalue weighted by Gasteiger charge is -2.10. The van der Waals surface area contributed by atoms with Crippen molar-refractivity contribution in [3.05, 3.63) is 59.1 Å². The van der Waals surface area contributed by atoms with Crippen LogP contribution in [0.4, 0.5) is 0 Å². The van der Waals surface area contributed by atoms with Crippen molar-refractivity contribution in [2.75, 3.05) is 12.4 Å². The van der Waals surface area contributed by atoms with Crippen molar-refractivity contribution in [3.8, 4) is 5.75 Å². The van der Waals surface area contributed by atoms with Crippen LogP contribution in [-0.4, -0.2) is 23.4 Å². The molecule has 0 atom stereocenters. The molecule has 104 valence electrons. The zero-order chi connectivity index (χ0) is 14.4. The summed E-state index contributed by atoms with van der Waals surface area (Å²) in [6.07, 6.45) is 0. The van der Waals surface area contributed by atoms with Gasteiger partial charge in [-0.25, -0.2) is 4.79 Å². The molecule has 0 fully saturated rings. The van der Waals surface area contributed by atoms with Gasteiger partial charge in [0.15, 0.2) is 5.75 Å². The summed E-state index contributed by atoms with van der Waals surface area (Å²) in [6.45, 7) is 0.392. The second-order valence-corrected chi connectivity index (χ2v) is 5.51. The molecular weight excluding hydrogens is 296 g/mol. The molecule has 3 nitrogen and oxygen atoms in total. The maximum Gasteiger partial charge on any atom is 0.339 e. The van der Waals surface area contributed by atoms with Crippen LogP contribution >= 0.6 is 23.4 Å². The fraction of sp³-hybridized carbons (Fsp3) is 0.133. The molecule has 0 saturated carbocycles. The molecule has 0 bridgehead atoms. The summed E-state index contributed by atoms with van der Waals surface area (Å²) < 4.78 is 5.52. The third-order valence-corrected chi connectivity index (χ3v) is 3.81. The van der Waals surface area contributed by atoms with Crippen LogP contribution in [0, 0.1) is 0 Å². The van der Waals surface area contributed by atoms with Gasteiger partial charge < -0.3 is 9.84 Å². The predicted molar refractivity (Wildman–Crippen MR) is 81.1 cm³/mol. The fourth-order valence-electron chi connectivity index (χ4n) is 1.64. The van der Waals surface area contributed by atoms with Crippen LogP contribution in [0.15, 0.2) is 53.4 Å². The maximum absolute atomic E-state index is 11.1. The number of ether oxygens (including phenoxy) is 1. The molecule has 0 unspecified atom stereocenters. The van der Waals surface area contributed by atoms with Crippen LogP contribution < -0.4 is 4.74 Å². The lowest BCUT2D eigenvalue weighted by molar-refractivity contribution is 0.0692. The Morgan fingerprint density at radius 3 is 2.60 bits per heavy atom. The van der Waals surface area contributed by atoms with Crippen molar-refractivity contribution < 1.29 is 14.6 Å². The van der Waals surface area contributed by atoms with E-state index < -0.39 is 5.97 Å². The van der Waals surface area contributed by atoms with Gasteiger partial charge in [0.2, 0.25) is 0 Å². The molecule has 0 aromatic heterocycles. The van der Waals surface area contributed by atoms with Gasteiger partial charge in [-0.05, 0) is 24.3 Å². The van der Waals surface area contributed by atoms with Gasteiger partial charge in [-0.3, -0.25) is 0 Å². The number of para-hydroxylation sites is 1. The normalized spacial score (nSPS) is 10.2. The van der Waals surface area contributed by atoms with Crippen LogP contribution in [0.1, 0.15) is 10.4 Å². The predicted octanol–water partition coefficient (Wildman–Crippen LogP) is 4.21. The van der Waals surface area contributed by atoms with Crippen LogP contribution in [0.25, 0.3) is 0 Å². The maximum atomic E-state index is 11.1. The Hall–Kier alpha value is -1.65. The minimum Gasteiger partial charge on any atom is -0.490 e. The first kappa shape index (κ1) is 14.8. The molecule has 2 rings (SSSR count). The molecule has 0 aliphatic heterocycles. The van der Waals surface area contributed by atoms with Crippen molar-refractivity contribution in [2.24, 2.45) is 0 Å². The molecule has 20 heavy (non-hydrogen) atoms. The molecule has 0 spiro atoms.